The van der Waals surface area contributed by atoms with E-state index in [0.29, 0.717) is 30.9 Å². The molecule has 0 saturated heterocycles. The van der Waals surface area contributed by atoms with Gasteiger partial charge in [-0.25, -0.2) is 4.79 Å². The third kappa shape index (κ3) is 6.86. The number of carbonyl (C=O) groups is 1. The van der Waals surface area contributed by atoms with Crippen LogP contribution in [0, 0.1) is 10.1 Å². The lowest BCUT2D eigenvalue weighted by atomic mass is 10.2. The van der Waals surface area contributed by atoms with E-state index in [1.54, 1.807) is 26.8 Å². The molecule has 1 aromatic rings. The standard InChI is InChI=1S/C15H23N3O5/c1-15(2,3)23-14(19)17-9-5-8-16-12-10-11(18(20)21)6-7-13(12)22-4/h6-7,10,16H,5,8-9H2,1-4H3,(H,17,19). The summed E-state index contributed by atoms with van der Waals surface area (Å²) in [6.07, 6.45) is 0.163. The fourth-order valence-corrected chi connectivity index (χ4v) is 1.76. The van der Waals surface area contributed by atoms with Gasteiger partial charge in [-0.1, -0.05) is 0 Å². The van der Waals surface area contributed by atoms with Crippen LogP contribution in [0.5, 0.6) is 5.75 Å². The number of hydrogen-bond acceptors (Lipinski definition) is 6. The maximum Gasteiger partial charge on any atom is 0.407 e. The number of ether oxygens (including phenoxy) is 2. The van der Waals surface area contributed by atoms with Crippen LogP contribution in [0.25, 0.3) is 0 Å². The van der Waals surface area contributed by atoms with Crippen LogP contribution in [0.1, 0.15) is 27.2 Å². The van der Waals surface area contributed by atoms with Crippen LogP contribution in [0.2, 0.25) is 0 Å². The Labute approximate surface area is 135 Å². The van der Waals surface area contributed by atoms with E-state index in [9.17, 15) is 14.9 Å². The second kappa shape index (κ2) is 8.21. The highest BCUT2D eigenvalue weighted by molar-refractivity contribution is 5.67. The maximum atomic E-state index is 11.5. The summed E-state index contributed by atoms with van der Waals surface area (Å²) in [4.78, 5) is 21.8. The lowest BCUT2D eigenvalue weighted by Gasteiger charge is -2.19. The van der Waals surface area contributed by atoms with Crippen molar-refractivity contribution in [2.45, 2.75) is 32.8 Å². The molecule has 0 aromatic heterocycles. The SMILES string of the molecule is COc1ccc([N+](=O)[O-])cc1NCCCNC(=O)OC(C)(C)C. The van der Waals surface area contributed by atoms with E-state index in [0.717, 1.165) is 0 Å². The Hall–Kier alpha value is -2.51. The van der Waals surface area contributed by atoms with E-state index in [1.165, 1.54) is 19.2 Å². The number of anilines is 1. The smallest absolute Gasteiger partial charge is 0.407 e. The molecule has 0 saturated carbocycles. The summed E-state index contributed by atoms with van der Waals surface area (Å²) in [6, 6.07) is 4.34. The lowest BCUT2D eigenvalue weighted by molar-refractivity contribution is -0.384. The Kier molecular flexibility index (Phi) is 6.62. The molecule has 23 heavy (non-hydrogen) atoms. The first kappa shape index (κ1) is 18.5. The van der Waals surface area contributed by atoms with Gasteiger partial charge in [0.05, 0.1) is 17.7 Å². The molecule has 2 N–H and O–H groups in total. The predicted molar refractivity (Wildman–Crippen MR) is 87.0 cm³/mol. The van der Waals surface area contributed by atoms with Gasteiger partial charge in [0.15, 0.2) is 0 Å². The number of carbonyl (C=O) groups excluding carboxylic acids is 1. The Morgan fingerprint density at radius 1 is 1.30 bits per heavy atom. The quantitative estimate of drug-likeness (QED) is 0.454. The van der Waals surface area contributed by atoms with Crippen molar-refractivity contribution in [1.29, 1.82) is 0 Å². The third-order valence-corrected chi connectivity index (χ3v) is 2.73. The number of non-ortho nitro benzene ring substituents is 1. The van der Waals surface area contributed by atoms with Gasteiger partial charge in [0.25, 0.3) is 5.69 Å². The molecule has 1 aromatic carbocycles. The number of nitro benzene ring substituents is 1. The molecule has 0 radical (unpaired) electrons. The van der Waals surface area contributed by atoms with Crippen molar-refractivity contribution in [1.82, 2.24) is 5.32 Å². The summed E-state index contributed by atoms with van der Waals surface area (Å²) < 4.78 is 10.3. The number of alkyl carbamates (subject to hydrolysis) is 1. The molecule has 0 unspecified atom stereocenters. The topological polar surface area (TPSA) is 103 Å². The highest BCUT2D eigenvalue weighted by Crippen LogP contribution is 2.28. The summed E-state index contributed by atoms with van der Waals surface area (Å²) in [5.41, 5.74) is -0.00211. The summed E-state index contributed by atoms with van der Waals surface area (Å²) in [5, 5.41) is 16.5. The number of nitrogens with one attached hydrogen (secondary N) is 2. The van der Waals surface area contributed by atoms with E-state index >= 15 is 0 Å². The Morgan fingerprint density at radius 3 is 2.57 bits per heavy atom. The number of rotatable bonds is 7. The number of methoxy groups -OCH3 is 1. The van der Waals surface area contributed by atoms with Gasteiger partial charge in [0.1, 0.15) is 11.4 Å². The molecule has 128 valence electrons. The highest BCUT2D eigenvalue weighted by Gasteiger charge is 2.15. The molecule has 0 aliphatic rings. The molecule has 1 amide bonds. The van der Waals surface area contributed by atoms with Crippen LogP contribution in [0.3, 0.4) is 0 Å². The molecule has 0 aliphatic carbocycles. The van der Waals surface area contributed by atoms with E-state index in [2.05, 4.69) is 10.6 Å². The number of hydrogen-bond donors (Lipinski definition) is 2. The molecule has 0 bridgehead atoms. The van der Waals surface area contributed by atoms with Crippen molar-refractivity contribution >= 4 is 17.5 Å². The van der Waals surface area contributed by atoms with Gasteiger partial charge in [-0.3, -0.25) is 10.1 Å². The second-order valence-electron chi connectivity index (χ2n) is 5.85. The van der Waals surface area contributed by atoms with Crippen molar-refractivity contribution < 1.29 is 19.2 Å². The number of benzene rings is 1. The zero-order valence-electron chi connectivity index (χ0n) is 13.8. The normalized spacial score (nSPS) is 10.8. The maximum absolute atomic E-state index is 11.5. The van der Waals surface area contributed by atoms with Crippen molar-refractivity contribution in [3.05, 3.63) is 28.3 Å². The average Bonchev–Trinajstić information content (AvgIpc) is 2.44. The Morgan fingerprint density at radius 2 is 2.00 bits per heavy atom. The van der Waals surface area contributed by atoms with Crippen LogP contribution < -0.4 is 15.4 Å². The van der Waals surface area contributed by atoms with E-state index in [4.69, 9.17) is 9.47 Å². The molecular formula is C15H23N3O5. The molecule has 8 heteroatoms. The van der Waals surface area contributed by atoms with E-state index in [-0.39, 0.29) is 5.69 Å². The van der Waals surface area contributed by atoms with Gasteiger partial charge in [-0.15, -0.1) is 0 Å². The Balaban J connectivity index is 2.42. The van der Waals surface area contributed by atoms with Gasteiger partial charge in [-0.05, 0) is 33.3 Å². The van der Waals surface area contributed by atoms with Gasteiger partial charge in [0, 0.05) is 25.2 Å². The summed E-state index contributed by atoms with van der Waals surface area (Å²) >= 11 is 0. The van der Waals surface area contributed by atoms with Gasteiger partial charge in [0.2, 0.25) is 0 Å². The van der Waals surface area contributed by atoms with Crippen LogP contribution in [0.15, 0.2) is 18.2 Å². The third-order valence-electron chi connectivity index (χ3n) is 2.73. The number of nitrogens with zero attached hydrogens (tertiary/aromatic N) is 1. The first-order valence-corrected chi connectivity index (χ1v) is 7.26. The first-order chi connectivity index (χ1) is 10.7. The first-order valence-electron chi connectivity index (χ1n) is 7.26. The summed E-state index contributed by atoms with van der Waals surface area (Å²) in [6.45, 7) is 6.33. The van der Waals surface area contributed by atoms with E-state index < -0.39 is 16.6 Å². The number of nitro groups is 1. The van der Waals surface area contributed by atoms with E-state index in [1.807, 2.05) is 0 Å². The molecule has 0 atom stereocenters. The summed E-state index contributed by atoms with van der Waals surface area (Å²) in [7, 11) is 1.50. The van der Waals surface area contributed by atoms with Crippen LogP contribution in [0.4, 0.5) is 16.2 Å². The molecule has 0 spiro atoms. The fraction of sp³-hybridized carbons (Fsp3) is 0.533. The summed E-state index contributed by atoms with van der Waals surface area (Å²) in [5.74, 6) is 0.524. The monoisotopic (exact) mass is 325 g/mol. The molecular weight excluding hydrogens is 302 g/mol. The van der Waals surface area contributed by atoms with Crippen molar-refractivity contribution in [3.63, 3.8) is 0 Å². The van der Waals surface area contributed by atoms with Crippen LogP contribution in [-0.4, -0.2) is 36.8 Å². The second-order valence-corrected chi connectivity index (χ2v) is 5.85. The molecule has 8 nitrogen and oxygen atoms in total. The largest absolute Gasteiger partial charge is 0.495 e. The van der Waals surface area contributed by atoms with Gasteiger partial charge in [-0.2, -0.15) is 0 Å². The van der Waals surface area contributed by atoms with Crippen molar-refractivity contribution in [3.8, 4) is 5.75 Å². The zero-order chi connectivity index (χ0) is 17.5. The predicted octanol–water partition coefficient (Wildman–Crippen LogP) is 2.93. The van der Waals surface area contributed by atoms with Gasteiger partial charge < -0.3 is 20.1 Å². The number of amides is 1. The minimum atomic E-state index is -0.529. The minimum Gasteiger partial charge on any atom is -0.495 e. The Bertz CT molecular complexity index is 555. The van der Waals surface area contributed by atoms with Crippen molar-refractivity contribution in [2.75, 3.05) is 25.5 Å². The lowest BCUT2D eigenvalue weighted by Crippen LogP contribution is -2.33. The van der Waals surface area contributed by atoms with Crippen LogP contribution in [-0.2, 0) is 4.74 Å². The van der Waals surface area contributed by atoms with Crippen molar-refractivity contribution in [2.24, 2.45) is 0 Å². The molecule has 0 heterocycles. The molecule has 1 rings (SSSR count). The average molecular weight is 325 g/mol. The minimum absolute atomic E-state index is 0.0137. The molecule has 0 fully saturated rings. The highest BCUT2D eigenvalue weighted by atomic mass is 16.6. The fourth-order valence-electron chi connectivity index (χ4n) is 1.76. The van der Waals surface area contributed by atoms with Gasteiger partial charge >= 0.3 is 6.09 Å². The van der Waals surface area contributed by atoms with Crippen LogP contribution >= 0.6 is 0 Å². The zero-order valence-corrected chi connectivity index (χ0v) is 13.8. The molecule has 0 aliphatic heterocycles.